The molecule has 0 bridgehead atoms. The van der Waals surface area contributed by atoms with E-state index in [0.717, 1.165) is 45.8 Å². The first-order valence-corrected chi connectivity index (χ1v) is 7.26. The van der Waals surface area contributed by atoms with Crippen LogP contribution in [0.5, 0.6) is 0 Å². The van der Waals surface area contributed by atoms with E-state index in [-0.39, 0.29) is 11.3 Å². The smallest absolute Gasteiger partial charge is 0.240 e. The summed E-state index contributed by atoms with van der Waals surface area (Å²) in [5.74, 6) is 0.100. The molecule has 2 unspecified atom stereocenters. The summed E-state index contributed by atoms with van der Waals surface area (Å²) in [6.07, 6.45) is 1.06. The molecule has 0 saturated carbocycles. The molecule has 2 heterocycles. The number of amides is 1. The molecule has 2 rings (SSSR count). The summed E-state index contributed by atoms with van der Waals surface area (Å²) in [6.45, 7) is 11.3. The molecule has 2 aliphatic heterocycles. The number of morpholine rings is 1. The van der Waals surface area contributed by atoms with Crippen LogP contribution in [-0.4, -0.2) is 67.2 Å². The maximum atomic E-state index is 12.4. The van der Waals surface area contributed by atoms with Crippen molar-refractivity contribution in [2.24, 2.45) is 11.1 Å². The van der Waals surface area contributed by atoms with Crippen LogP contribution in [0.4, 0.5) is 0 Å². The van der Waals surface area contributed by atoms with Gasteiger partial charge in [-0.3, -0.25) is 9.69 Å². The SMILES string of the molecule is CC(C)(C)C(N)C(=O)N1CCC(N2CCOCC2)C1. The second kappa shape index (κ2) is 5.77. The molecule has 0 radical (unpaired) electrons. The first-order valence-electron chi connectivity index (χ1n) is 7.26. The number of ether oxygens (including phenoxy) is 1. The summed E-state index contributed by atoms with van der Waals surface area (Å²) in [4.78, 5) is 16.8. The minimum atomic E-state index is -0.407. The van der Waals surface area contributed by atoms with Gasteiger partial charge in [-0.25, -0.2) is 0 Å². The first kappa shape index (κ1) is 14.8. The van der Waals surface area contributed by atoms with Crippen LogP contribution in [0.25, 0.3) is 0 Å². The fraction of sp³-hybridized carbons (Fsp3) is 0.929. The van der Waals surface area contributed by atoms with Crippen LogP contribution in [0, 0.1) is 5.41 Å². The summed E-state index contributed by atoms with van der Waals surface area (Å²) >= 11 is 0. The highest BCUT2D eigenvalue weighted by Gasteiger charge is 2.36. The van der Waals surface area contributed by atoms with E-state index < -0.39 is 6.04 Å². The van der Waals surface area contributed by atoms with E-state index >= 15 is 0 Å². The van der Waals surface area contributed by atoms with Crippen molar-refractivity contribution in [1.82, 2.24) is 9.80 Å². The molecule has 0 aliphatic carbocycles. The molecule has 19 heavy (non-hydrogen) atoms. The molecule has 110 valence electrons. The van der Waals surface area contributed by atoms with Crippen molar-refractivity contribution in [2.45, 2.75) is 39.3 Å². The molecular formula is C14H27N3O2. The van der Waals surface area contributed by atoms with E-state index in [9.17, 15) is 4.79 Å². The van der Waals surface area contributed by atoms with Crippen molar-refractivity contribution in [3.05, 3.63) is 0 Å². The van der Waals surface area contributed by atoms with Gasteiger partial charge in [0.2, 0.25) is 5.91 Å². The maximum Gasteiger partial charge on any atom is 0.240 e. The largest absolute Gasteiger partial charge is 0.379 e. The van der Waals surface area contributed by atoms with E-state index in [4.69, 9.17) is 10.5 Å². The van der Waals surface area contributed by atoms with Crippen LogP contribution in [-0.2, 0) is 9.53 Å². The molecule has 0 aromatic heterocycles. The standard InChI is InChI=1S/C14H27N3O2/c1-14(2,3)12(15)13(18)17-5-4-11(10-17)16-6-8-19-9-7-16/h11-12H,4-10,15H2,1-3H3. The third kappa shape index (κ3) is 3.46. The normalized spacial score (nSPS) is 27.6. The average Bonchev–Trinajstić information content (AvgIpc) is 2.86. The molecule has 1 amide bonds. The van der Waals surface area contributed by atoms with Gasteiger partial charge < -0.3 is 15.4 Å². The van der Waals surface area contributed by atoms with Gasteiger partial charge >= 0.3 is 0 Å². The van der Waals surface area contributed by atoms with Gasteiger partial charge in [0.05, 0.1) is 19.3 Å². The molecule has 2 saturated heterocycles. The van der Waals surface area contributed by atoms with E-state index in [1.54, 1.807) is 0 Å². The second-order valence-electron chi connectivity index (χ2n) is 6.72. The Morgan fingerprint density at radius 1 is 1.26 bits per heavy atom. The number of rotatable bonds is 2. The summed E-state index contributed by atoms with van der Waals surface area (Å²) in [5.41, 5.74) is 5.90. The molecule has 0 aromatic carbocycles. The summed E-state index contributed by atoms with van der Waals surface area (Å²) in [5, 5.41) is 0. The van der Waals surface area contributed by atoms with Crippen molar-refractivity contribution >= 4 is 5.91 Å². The second-order valence-corrected chi connectivity index (χ2v) is 6.72. The predicted molar refractivity (Wildman–Crippen MR) is 74.8 cm³/mol. The Labute approximate surface area is 116 Å². The monoisotopic (exact) mass is 269 g/mol. The third-order valence-corrected chi connectivity index (χ3v) is 4.24. The maximum absolute atomic E-state index is 12.4. The van der Waals surface area contributed by atoms with Gasteiger partial charge in [-0.2, -0.15) is 0 Å². The Hall–Kier alpha value is -0.650. The van der Waals surface area contributed by atoms with E-state index in [0.29, 0.717) is 6.04 Å². The lowest BCUT2D eigenvalue weighted by Crippen LogP contribution is -2.51. The lowest BCUT2D eigenvalue weighted by molar-refractivity contribution is -0.134. The number of hydrogen-bond donors (Lipinski definition) is 1. The summed E-state index contributed by atoms with van der Waals surface area (Å²) in [6, 6.07) is 0.0796. The quantitative estimate of drug-likeness (QED) is 0.783. The van der Waals surface area contributed by atoms with Crippen molar-refractivity contribution in [3.63, 3.8) is 0 Å². The van der Waals surface area contributed by atoms with Crippen LogP contribution >= 0.6 is 0 Å². The average molecular weight is 269 g/mol. The van der Waals surface area contributed by atoms with Crippen LogP contribution < -0.4 is 5.73 Å². The Balaban J connectivity index is 1.89. The predicted octanol–water partition coefficient (Wildman–Crippen LogP) is 0.293. The van der Waals surface area contributed by atoms with Gasteiger partial charge in [-0.1, -0.05) is 20.8 Å². The molecule has 2 fully saturated rings. The fourth-order valence-corrected chi connectivity index (χ4v) is 2.75. The molecule has 5 nitrogen and oxygen atoms in total. The Morgan fingerprint density at radius 2 is 1.89 bits per heavy atom. The van der Waals surface area contributed by atoms with Gasteiger partial charge in [0.15, 0.2) is 0 Å². The fourth-order valence-electron chi connectivity index (χ4n) is 2.75. The van der Waals surface area contributed by atoms with Crippen LogP contribution in [0.3, 0.4) is 0 Å². The molecule has 2 aliphatic rings. The summed E-state index contributed by atoms with van der Waals surface area (Å²) < 4.78 is 5.37. The highest BCUT2D eigenvalue weighted by Crippen LogP contribution is 2.23. The van der Waals surface area contributed by atoms with Gasteiger partial charge in [0.1, 0.15) is 0 Å². The van der Waals surface area contributed by atoms with Crippen LogP contribution in [0.1, 0.15) is 27.2 Å². The third-order valence-electron chi connectivity index (χ3n) is 4.24. The van der Waals surface area contributed by atoms with Crippen molar-refractivity contribution < 1.29 is 9.53 Å². The van der Waals surface area contributed by atoms with Gasteiger partial charge in [-0.15, -0.1) is 0 Å². The van der Waals surface area contributed by atoms with Crippen LogP contribution in [0.15, 0.2) is 0 Å². The highest BCUT2D eigenvalue weighted by molar-refractivity contribution is 5.82. The minimum absolute atomic E-state index is 0.100. The number of carbonyl (C=O) groups excluding carboxylic acids is 1. The van der Waals surface area contributed by atoms with Gasteiger partial charge in [0, 0.05) is 32.2 Å². The molecule has 2 N–H and O–H groups in total. The lowest BCUT2D eigenvalue weighted by Gasteiger charge is -2.33. The number of nitrogens with zero attached hydrogens (tertiary/aromatic N) is 2. The number of nitrogens with two attached hydrogens (primary N) is 1. The number of carbonyl (C=O) groups is 1. The molecule has 5 heteroatoms. The lowest BCUT2D eigenvalue weighted by atomic mass is 9.86. The first-order chi connectivity index (χ1) is 8.89. The number of likely N-dealkylation sites (tertiary alicyclic amines) is 1. The topological polar surface area (TPSA) is 58.8 Å². The molecule has 2 atom stereocenters. The zero-order valence-electron chi connectivity index (χ0n) is 12.4. The van der Waals surface area contributed by atoms with E-state index in [1.807, 2.05) is 25.7 Å². The summed E-state index contributed by atoms with van der Waals surface area (Å²) in [7, 11) is 0. The van der Waals surface area contributed by atoms with Crippen molar-refractivity contribution in [1.29, 1.82) is 0 Å². The Bertz CT molecular complexity index is 321. The molecule has 0 spiro atoms. The van der Waals surface area contributed by atoms with Gasteiger partial charge in [0.25, 0.3) is 0 Å². The zero-order chi connectivity index (χ0) is 14.0. The number of hydrogen-bond acceptors (Lipinski definition) is 4. The van der Waals surface area contributed by atoms with Crippen molar-refractivity contribution in [2.75, 3.05) is 39.4 Å². The highest BCUT2D eigenvalue weighted by atomic mass is 16.5. The van der Waals surface area contributed by atoms with E-state index in [2.05, 4.69) is 4.90 Å². The minimum Gasteiger partial charge on any atom is -0.379 e. The van der Waals surface area contributed by atoms with Crippen LogP contribution in [0.2, 0.25) is 0 Å². The van der Waals surface area contributed by atoms with Crippen molar-refractivity contribution in [3.8, 4) is 0 Å². The molecule has 0 aromatic rings. The Morgan fingerprint density at radius 3 is 2.47 bits per heavy atom. The van der Waals surface area contributed by atoms with Gasteiger partial charge in [-0.05, 0) is 11.8 Å². The zero-order valence-corrected chi connectivity index (χ0v) is 12.4. The molecular weight excluding hydrogens is 242 g/mol. The van der Waals surface area contributed by atoms with E-state index in [1.165, 1.54) is 0 Å². The Kier molecular flexibility index (Phi) is 4.48.